The Morgan fingerprint density at radius 1 is 1.17 bits per heavy atom. The first-order chi connectivity index (χ1) is 14.1. The maximum absolute atomic E-state index is 10.8. The van der Waals surface area contributed by atoms with Crippen molar-refractivity contribution in [2.24, 2.45) is 5.73 Å². The Hall–Kier alpha value is -2.52. The Labute approximate surface area is 173 Å². The van der Waals surface area contributed by atoms with E-state index in [1.54, 1.807) is 23.1 Å². The molecule has 7 nitrogen and oxygen atoms in total. The molecular weight excluding hydrogens is 388 g/mol. The van der Waals surface area contributed by atoms with E-state index in [9.17, 15) is 15.3 Å². The summed E-state index contributed by atoms with van der Waals surface area (Å²) in [7, 11) is 0. The Morgan fingerprint density at radius 3 is 2.83 bits per heavy atom. The van der Waals surface area contributed by atoms with Gasteiger partial charge in [0.1, 0.15) is 17.0 Å². The lowest BCUT2D eigenvalue weighted by atomic mass is 10.1. The zero-order valence-corrected chi connectivity index (χ0v) is 16.6. The highest BCUT2D eigenvalue weighted by Crippen LogP contribution is 2.37. The average molecular weight is 413 g/mol. The van der Waals surface area contributed by atoms with Crippen molar-refractivity contribution >= 4 is 34.2 Å². The summed E-state index contributed by atoms with van der Waals surface area (Å²) in [5.74, 6) is 0.701. The highest BCUT2D eigenvalue weighted by molar-refractivity contribution is 7.99. The summed E-state index contributed by atoms with van der Waals surface area (Å²) in [4.78, 5) is 7.33. The number of fused-ring (bicyclic) bond motifs is 2. The first kappa shape index (κ1) is 19.8. The van der Waals surface area contributed by atoms with E-state index in [1.807, 2.05) is 30.3 Å². The molecule has 0 aliphatic carbocycles. The molecule has 0 saturated heterocycles. The van der Waals surface area contributed by atoms with Crippen LogP contribution in [0.25, 0.3) is 10.9 Å². The zero-order chi connectivity index (χ0) is 20.4. The maximum Gasteiger partial charge on any atom is 0.164 e. The molecule has 6 N–H and O–H groups in total. The number of phenolic OH excluding ortho intramolecular Hbond substituents is 1. The fraction of sp³-hybridized carbons (Fsp3) is 0.286. The Kier molecular flexibility index (Phi) is 5.77. The summed E-state index contributed by atoms with van der Waals surface area (Å²) in [6.45, 7) is 1.66. The van der Waals surface area contributed by atoms with E-state index in [1.165, 1.54) is 11.8 Å². The van der Waals surface area contributed by atoms with E-state index in [-0.39, 0.29) is 5.75 Å². The number of benzene rings is 2. The van der Waals surface area contributed by atoms with Crippen LogP contribution < -0.4 is 16.0 Å². The van der Waals surface area contributed by atoms with Crippen molar-refractivity contribution in [3.8, 4) is 5.75 Å². The molecule has 2 unspecified atom stereocenters. The van der Waals surface area contributed by atoms with Gasteiger partial charge in [-0.05, 0) is 42.8 Å². The largest absolute Gasteiger partial charge is 0.508 e. The maximum atomic E-state index is 10.8. The summed E-state index contributed by atoms with van der Waals surface area (Å²) in [5.41, 5.74) is 7.09. The van der Waals surface area contributed by atoms with Crippen LogP contribution in [0.1, 0.15) is 12.0 Å². The van der Waals surface area contributed by atoms with E-state index in [0.717, 1.165) is 28.0 Å². The van der Waals surface area contributed by atoms with Gasteiger partial charge in [-0.1, -0.05) is 30.0 Å². The Morgan fingerprint density at radius 2 is 2.00 bits per heavy atom. The average Bonchev–Trinajstić information content (AvgIpc) is 2.84. The molecule has 1 aliphatic heterocycles. The van der Waals surface area contributed by atoms with Crippen molar-refractivity contribution in [1.29, 1.82) is 0 Å². The minimum atomic E-state index is -1.12. The van der Waals surface area contributed by atoms with Crippen LogP contribution in [0.4, 0.5) is 11.5 Å². The van der Waals surface area contributed by atoms with Crippen LogP contribution in [-0.2, 0) is 6.54 Å². The highest BCUT2D eigenvalue weighted by atomic mass is 32.2. The number of anilines is 2. The molecular formula is C21H24N4O3S. The number of nitrogens with two attached hydrogens (primary N) is 1. The lowest BCUT2D eigenvalue weighted by Gasteiger charge is -2.30. The third kappa shape index (κ3) is 4.11. The smallest absolute Gasteiger partial charge is 0.164 e. The van der Waals surface area contributed by atoms with Gasteiger partial charge in [0.25, 0.3) is 0 Å². The van der Waals surface area contributed by atoms with Crippen LogP contribution in [0.15, 0.2) is 53.4 Å². The van der Waals surface area contributed by atoms with Crippen molar-refractivity contribution in [3.63, 3.8) is 0 Å². The molecule has 0 fully saturated rings. The molecule has 2 atom stereocenters. The van der Waals surface area contributed by atoms with E-state index in [4.69, 9.17) is 10.7 Å². The molecule has 4 rings (SSSR count). The molecule has 0 amide bonds. The predicted octanol–water partition coefficient (Wildman–Crippen LogP) is 2.45. The number of aliphatic hydroxyl groups is 2. The number of nitrogens with one attached hydrogen (secondary N) is 1. The fourth-order valence-corrected chi connectivity index (χ4v) is 4.38. The highest BCUT2D eigenvalue weighted by Gasteiger charge is 2.31. The summed E-state index contributed by atoms with van der Waals surface area (Å²) in [5, 5.41) is 35.3. The minimum Gasteiger partial charge on any atom is -0.508 e. The van der Waals surface area contributed by atoms with E-state index in [2.05, 4.69) is 5.32 Å². The van der Waals surface area contributed by atoms with Crippen LogP contribution in [0.2, 0.25) is 0 Å². The molecule has 29 heavy (non-hydrogen) atoms. The van der Waals surface area contributed by atoms with Crippen molar-refractivity contribution in [2.45, 2.75) is 29.5 Å². The van der Waals surface area contributed by atoms with Crippen molar-refractivity contribution in [1.82, 2.24) is 4.98 Å². The lowest BCUT2D eigenvalue weighted by molar-refractivity contribution is 0.0699. The standard InChI is InChI=1S/C21H24N4O3S/c22-8-3-9-23-17-11-19(24-16-7-6-14(26)10-15(16)17)25-12-13-4-1-2-5-18(13)29-21(28)20(25)27/h1-2,4-7,10-11,20-21,26-28H,3,8-9,12,22H2,(H,23,24). The summed E-state index contributed by atoms with van der Waals surface area (Å²) in [6, 6.07) is 14.6. The van der Waals surface area contributed by atoms with E-state index in [0.29, 0.717) is 31.0 Å². The van der Waals surface area contributed by atoms with Crippen LogP contribution in [0.5, 0.6) is 5.75 Å². The van der Waals surface area contributed by atoms with Gasteiger partial charge in [-0.15, -0.1) is 0 Å². The van der Waals surface area contributed by atoms with Gasteiger partial charge in [-0.3, -0.25) is 0 Å². The van der Waals surface area contributed by atoms with Crippen molar-refractivity contribution in [3.05, 3.63) is 54.1 Å². The fourth-order valence-electron chi connectivity index (χ4n) is 3.41. The quantitative estimate of drug-likeness (QED) is 0.406. The molecule has 0 saturated carbocycles. The molecule has 1 aliphatic rings. The molecule has 3 aromatic rings. The second-order valence-electron chi connectivity index (χ2n) is 6.96. The van der Waals surface area contributed by atoms with Gasteiger partial charge >= 0.3 is 0 Å². The third-order valence-corrected chi connectivity index (χ3v) is 6.04. The molecule has 0 bridgehead atoms. The number of aromatic hydroxyl groups is 1. The van der Waals surface area contributed by atoms with Gasteiger partial charge in [-0.25, -0.2) is 4.98 Å². The van der Waals surface area contributed by atoms with Gasteiger partial charge in [0, 0.05) is 35.1 Å². The molecule has 2 aromatic carbocycles. The SMILES string of the molecule is NCCCNc1cc(N2Cc3ccccc3SC(O)C2O)nc2ccc(O)cc12. The number of thioether (sulfide) groups is 1. The summed E-state index contributed by atoms with van der Waals surface area (Å²) >= 11 is 1.24. The number of rotatable bonds is 5. The summed E-state index contributed by atoms with van der Waals surface area (Å²) < 4.78 is 0. The van der Waals surface area contributed by atoms with E-state index >= 15 is 0 Å². The summed E-state index contributed by atoms with van der Waals surface area (Å²) in [6.07, 6.45) is -0.320. The number of nitrogens with zero attached hydrogens (tertiary/aromatic N) is 2. The first-order valence-electron chi connectivity index (χ1n) is 9.52. The molecule has 152 valence electrons. The van der Waals surface area contributed by atoms with Crippen LogP contribution >= 0.6 is 11.8 Å². The minimum absolute atomic E-state index is 0.157. The van der Waals surface area contributed by atoms with Crippen molar-refractivity contribution in [2.75, 3.05) is 23.3 Å². The monoisotopic (exact) mass is 412 g/mol. The number of phenols is 1. The van der Waals surface area contributed by atoms with Gasteiger partial charge in [0.15, 0.2) is 6.23 Å². The van der Waals surface area contributed by atoms with Crippen LogP contribution in [0.3, 0.4) is 0 Å². The Balaban J connectivity index is 1.78. The topological polar surface area (TPSA) is 115 Å². The first-order valence-corrected chi connectivity index (χ1v) is 10.4. The van der Waals surface area contributed by atoms with Gasteiger partial charge in [-0.2, -0.15) is 0 Å². The number of pyridine rings is 1. The number of aromatic nitrogens is 1. The van der Waals surface area contributed by atoms with Gasteiger partial charge in [0.05, 0.1) is 5.52 Å². The van der Waals surface area contributed by atoms with Crippen LogP contribution in [-0.4, -0.2) is 45.1 Å². The van der Waals surface area contributed by atoms with E-state index < -0.39 is 11.7 Å². The number of aliphatic hydroxyl groups excluding tert-OH is 2. The molecule has 2 heterocycles. The number of hydrogen-bond acceptors (Lipinski definition) is 8. The predicted molar refractivity (Wildman–Crippen MR) is 116 cm³/mol. The van der Waals surface area contributed by atoms with Gasteiger partial charge < -0.3 is 31.3 Å². The van der Waals surface area contributed by atoms with Crippen molar-refractivity contribution < 1.29 is 15.3 Å². The second-order valence-corrected chi connectivity index (χ2v) is 8.11. The molecule has 8 heteroatoms. The molecule has 0 spiro atoms. The number of hydrogen-bond donors (Lipinski definition) is 5. The van der Waals surface area contributed by atoms with Gasteiger partial charge in [0.2, 0.25) is 0 Å². The van der Waals surface area contributed by atoms with Crippen LogP contribution in [0, 0.1) is 0 Å². The normalized spacial score (nSPS) is 19.1. The molecule has 1 aromatic heterocycles. The second kappa shape index (κ2) is 8.46. The lowest BCUT2D eigenvalue weighted by Crippen LogP contribution is -2.41. The Bertz CT molecular complexity index is 1020. The third-order valence-electron chi connectivity index (χ3n) is 4.90. The zero-order valence-electron chi connectivity index (χ0n) is 15.8. The molecule has 0 radical (unpaired) electrons.